The third kappa shape index (κ3) is 4.33. The number of halogens is 3. The average Bonchev–Trinajstić information content (AvgIpc) is 3.35. The predicted octanol–water partition coefficient (Wildman–Crippen LogP) is 7.64. The fourth-order valence-electron chi connectivity index (χ4n) is 4.87. The Bertz CT molecular complexity index is 1460. The summed E-state index contributed by atoms with van der Waals surface area (Å²) in [6.45, 7) is 4.15. The van der Waals surface area contributed by atoms with Crippen molar-refractivity contribution < 1.29 is 4.74 Å². The minimum absolute atomic E-state index is 0.186. The van der Waals surface area contributed by atoms with Gasteiger partial charge in [0.25, 0.3) is 0 Å². The number of methoxy groups -OCH3 is 1. The lowest BCUT2D eigenvalue weighted by atomic mass is 9.96. The van der Waals surface area contributed by atoms with Gasteiger partial charge in [-0.1, -0.05) is 40.9 Å². The van der Waals surface area contributed by atoms with Crippen molar-refractivity contribution in [3.8, 4) is 11.4 Å². The minimum atomic E-state index is -0.192. The van der Waals surface area contributed by atoms with E-state index in [1.54, 1.807) is 19.4 Å². The SMILES string of the molecule is COc1ccc(N2C(=S)N[C@H](c3ccccn3)[C@H]2c2cc(C)n(-c3ccc(Cl)cc3Cl)c2C)cc1Cl. The lowest BCUT2D eigenvalue weighted by Crippen LogP contribution is -2.29. The molecule has 36 heavy (non-hydrogen) atoms. The third-order valence-corrected chi connectivity index (χ3v) is 7.60. The van der Waals surface area contributed by atoms with Gasteiger partial charge in [-0.25, -0.2) is 0 Å². The first-order chi connectivity index (χ1) is 17.3. The summed E-state index contributed by atoms with van der Waals surface area (Å²) < 4.78 is 7.51. The largest absolute Gasteiger partial charge is 0.495 e. The number of hydrogen-bond acceptors (Lipinski definition) is 3. The van der Waals surface area contributed by atoms with Crippen LogP contribution < -0.4 is 15.0 Å². The van der Waals surface area contributed by atoms with Gasteiger partial charge in [0.15, 0.2) is 5.11 Å². The molecule has 2 aromatic heterocycles. The van der Waals surface area contributed by atoms with Gasteiger partial charge in [-0.3, -0.25) is 4.98 Å². The highest BCUT2D eigenvalue weighted by Gasteiger charge is 2.42. The number of ether oxygens (including phenoxy) is 1. The summed E-state index contributed by atoms with van der Waals surface area (Å²) in [6.07, 6.45) is 1.79. The van der Waals surface area contributed by atoms with Crippen molar-refractivity contribution in [3.05, 3.63) is 105 Å². The zero-order valence-electron chi connectivity index (χ0n) is 19.8. The Labute approximate surface area is 230 Å². The molecule has 1 aliphatic rings. The van der Waals surface area contributed by atoms with Crippen LogP contribution in [-0.4, -0.2) is 21.8 Å². The normalized spacial score (nSPS) is 17.4. The molecule has 2 aromatic carbocycles. The van der Waals surface area contributed by atoms with Gasteiger partial charge in [0.1, 0.15) is 5.75 Å². The molecule has 0 bridgehead atoms. The standard InChI is InChI=1S/C27H23Cl3N4OS/c1-15-12-19(16(2)33(15)23-9-7-17(28)13-20(23)29)26-25(22-6-4-5-11-31-22)32-27(36)34(26)18-8-10-24(35-3)21(30)14-18/h4-14,25-26H,1-3H3,(H,32,36)/t25-,26-/m1/s1. The molecule has 1 saturated heterocycles. The Morgan fingerprint density at radius 2 is 1.78 bits per heavy atom. The second kappa shape index (κ2) is 9.94. The smallest absolute Gasteiger partial charge is 0.174 e. The molecule has 0 radical (unpaired) electrons. The van der Waals surface area contributed by atoms with Crippen LogP contribution in [0.1, 0.15) is 34.7 Å². The number of rotatable bonds is 5. The first-order valence-corrected chi connectivity index (χ1v) is 12.8. The van der Waals surface area contributed by atoms with Gasteiger partial charge in [0.05, 0.1) is 40.6 Å². The summed E-state index contributed by atoms with van der Waals surface area (Å²) in [6, 6.07) is 18.9. The van der Waals surface area contributed by atoms with Gasteiger partial charge in [0, 0.05) is 28.3 Å². The van der Waals surface area contributed by atoms with E-state index in [1.807, 2.05) is 48.5 Å². The Kier molecular flexibility index (Phi) is 6.88. The Hall–Kier alpha value is -2.77. The summed E-state index contributed by atoms with van der Waals surface area (Å²) >= 11 is 25.2. The van der Waals surface area contributed by atoms with E-state index >= 15 is 0 Å². The van der Waals surface area contributed by atoms with E-state index in [2.05, 4.69) is 39.7 Å². The maximum absolute atomic E-state index is 6.61. The van der Waals surface area contributed by atoms with Crippen molar-refractivity contribution in [1.29, 1.82) is 0 Å². The summed E-state index contributed by atoms with van der Waals surface area (Å²) in [5.41, 5.74) is 5.78. The van der Waals surface area contributed by atoms with Gasteiger partial charge in [-0.2, -0.15) is 0 Å². The quantitative estimate of drug-likeness (QED) is 0.256. The van der Waals surface area contributed by atoms with Gasteiger partial charge in [-0.05, 0) is 86.2 Å². The van der Waals surface area contributed by atoms with Gasteiger partial charge in [0.2, 0.25) is 0 Å². The van der Waals surface area contributed by atoms with Crippen molar-refractivity contribution in [2.24, 2.45) is 0 Å². The number of anilines is 1. The van der Waals surface area contributed by atoms with E-state index in [-0.39, 0.29) is 12.1 Å². The van der Waals surface area contributed by atoms with Gasteiger partial charge < -0.3 is 19.5 Å². The monoisotopic (exact) mass is 556 g/mol. The second-order valence-electron chi connectivity index (χ2n) is 8.57. The minimum Gasteiger partial charge on any atom is -0.495 e. The van der Waals surface area contributed by atoms with Crippen molar-refractivity contribution >= 4 is 57.8 Å². The molecule has 1 aliphatic heterocycles. The fraction of sp³-hybridized carbons (Fsp3) is 0.185. The highest BCUT2D eigenvalue weighted by atomic mass is 35.5. The fourth-order valence-corrected chi connectivity index (χ4v) is 5.97. The van der Waals surface area contributed by atoms with Crippen LogP contribution in [0.4, 0.5) is 5.69 Å². The number of aromatic nitrogens is 2. The number of hydrogen-bond donors (Lipinski definition) is 1. The zero-order valence-corrected chi connectivity index (χ0v) is 22.9. The maximum atomic E-state index is 6.61. The molecule has 0 amide bonds. The molecule has 0 saturated carbocycles. The molecular weight excluding hydrogens is 535 g/mol. The van der Waals surface area contributed by atoms with Crippen molar-refractivity contribution in [3.63, 3.8) is 0 Å². The predicted molar refractivity (Wildman–Crippen MR) is 151 cm³/mol. The molecule has 0 unspecified atom stereocenters. The van der Waals surface area contributed by atoms with Crippen LogP contribution in [-0.2, 0) is 0 Å². The highest BCUT2D eigenvalue weighted by molar-refractivity contribution is 7.80. The Morgan fingerprint density at radius 1 is 0.972 bits per heavy atom. The van der Waals surface area contributed by atoms with E-state index in [4.69, 9.17) is 51.8 Å². The Morgan fingerprint density at radius 3 is 2.44 bits per heavy atom. The molecule has 1 N–H and O–H groups in total. The lowest BCUT2D eigenvalue weighted by molar-refractivity contribution is 0.415. The lowest BCUT2D eigenvalue weighted by Gasteiger charge is -2.28. The van der Waals surface area contributed by atoms with E-state index in [1.165, 1.54) is 0 Å². The molecule has 5 nitrogen and oxygen atoms in total. The second-order valence-corrected chi connectivity index (χ2v) is 10.2. The van der Waals surface area contributed by atoms with Crippen LogP contribution in [0.3, 0.4) is 0 Å². The highest BCUT2D eigenvalue weighted by Crippen LogP contribution is 2.45. The molecule has 184 valence electrons. The van der Waals surface area contributed by atoms with Crippen molar-refractivity contribution in [2.75, 3.05) is 12.0 Å². The van der Waals surface area contributed by atoms with E-state index in [0.717, 1.165) is 34.0 Å². The molecule has 4 aromatic rings. The number of nitrogens with one attached hydrogen (secondary N) is 1. The summed E-state index contributed by atoms with van der Waals surface area (Å²) in [7, 11) is 1.60. The van der Waals surface area contributed by atoms with Crippen LogP contribution in [0.5, 0.6) is 5.75 Å². The zero-order chi connectivity index (χ0) is 25.6. The molecule has 0 aliphatic carbocycles. The van der Waals surface area contributed by atoms with Crippen molar-refractivity contribution in [1.82, 2.24) is 14.9 Å². The van der Waals surface area contributed by atoms with Crippen LogP contribution >= 0.6 is 47.0 Å². The van der Waals surface area contributed by atoms with E-state index in [9.17, 15) is 0 Å². The molecule has 2 atom stereocenters. The number of benzene rings is 2. The Balaban J connectivity index is 1.69. The van der Waals surface area contributed by atoms with E-state index < -0.39 is 0 Å². The summed E-state index contributed by atoms with van der Waals surface area (Å²) in [4.78, 5) is 6.74. The third-order valence-electron chi connectivity index (χ3n) is 6.45. The number of aryl methyl sites for hydroxylation is 1. The molecule has 5 rings (SSSR count). The van der Waals surface area contributed by atoms with Crippen molar-refractivity contribution in [2.45, 2.75) is 25.9 Å². The van der Waals surface area contributed by atoms with E-state index in [0.29, 0.717) is 25.9 Å². The number of pyridine rings is 1. The van der Waals surface area contributed by atoms with Crippen LogP contribution in [0.25, 0.3) is 5.69 Å². The first-order valence-electron chi connectivity index (χ1n) is 11.3. The molecule has 3 heterocycles. The van der Waals surface area contributed by atoms with Crippen LogP contribution in [0.2, 0.25) is 15.1 Å². The summed E-state index contributed by atoms with van der Waals surface area (Å²) in [5, 5.41) is 5.77. The number of thiocarbonyl (C=S) groups is 1. The molecule has 1 fully saturated rings. The van der Waals surface area contributed by atoms with Crippen LogP contribution in [0, 0.1) is 13.8 Å². The number of nitrogens with zero attached hydrogens (tertiary/aromatic N) is 3. The summed E-state index contributed by atoms with van der Waals surface area (Å²) in [5.74, 6) is 0.604. The van der Waals surface area contributed by atoms with Gasteiger partial charge >= 0.3 is 0 Å². The first kappa shape index (κ1) is 24.9. The molecule has 9 heteroatoms. The maximum Gasteiger partial charge on any atom is 0.174 e. The molecule has 0 spiro atoms. The van der Waals surface area contributed by atoms with Gasteiger partial charge in [-0.15, -0.1) is 0 Å². The average molecular weight is 558 g/mol. The van der Waals surface area contributed by atoms with Crippen LogP contribution in [0.15, 0.2) is 66.9 Å². The molecular formula is C27H23Cl3N4OS. The topological polar surface area (TPSA) is 42.3 Å².